The van der Waals surface area contributed by atoms with Crippen LogP contribution in [0.1, 0.15) is 24.7 Å². The molecule has 0 saturated heterocycles. The summed E-state index contributed by atoms with van der Waals surface area (Å²) in [7, 11) is 0. The number of aryl methyl sites for hydroxylation is 1. The number of benzene rings is 2. The molecule has 4 rings (SSSR count). The van der Waals surface area contributed by atoms with Gasteiger partial charge in [-0.15, -0.1) is 0 Å². The average molecular weight is 376 g/mol. The van der Waals surface area contributed by atoms with Gasteiger partial charge in [0.2, 0.25) is 0 Å². The van der Waals surface area contributed by atoms with Crippen LogP contribution in [0.2, 0.25) is 0 Å². The van der Waals surface area contributed by atoms with Crippen molar-refractivity contribution in [2.75, 3.05) is 0 Å². The molecule has 0 fully saturated rings. The minimum absolute atomic E-state index is 0.0197. The van der Waals surface area contributed by atoms with Gasteiger partial charge in [-0.25, -0.2) is 15.0 Å². The van der Waals surface area contributed by atoms with Crippen molar-refractivity contribution < 1.29 is 0 Å². The van der Waals surface area contributed by atoms with Crippen molar-refractivity contribution in [2.45, 2.75) is 37.7 Å². The van der Waals surface area contributed by atoms with Crippen molar-refractivity contribution in [1.82, 2.24) is 19.5 Å². The molecule has 0 spiro atoms. The van der Waals surface area contributed by atoms with Crippen molar-refractivity contribution in [3.63, 3.8) is 0 Å². The topological polar surface area (TPSA) is 60.7 Å². The van der Waals surface area contributed by atoms with Crippen LogP contribution in [0, 0.1) is 6.92 Å². The van der Waals surface area contributed by atoms with Crippen LogP contribution in [0.3, 0.4) is 0 Å². The van der Waals surface area contributed by atoms with E-state index in [1.807, 2.05) is 55.5 Å². The third-order valence-corrected chi connectivity index (χ3v) is 5.44. The van der Waals surface area contributed by atoms with Crippen LogP contribution in [0.25, 0.3) is 21.9 Å². The van der Waals surface area contributed by atoms with Crippen LogP contribution in [0.5, 0.6) is 0 Å². The second kappa shape index (κ2) is 7.48. The Balaban J connectivity index is 1.72. The van der Waals surface area contributed by atoms with Crippen LogP contribution in [0.15, 0.2) is 58.5 Å². The summed E-state index contributed by atoms with van der Waals surface area (Å²) < 4.78 is 1.77. The third-order valence-electron chi connectivity index (χ3n) is 4.45. The highest BCUT2D eigenvalue weighted by atomic mass is 32.2. The Morgan fingerprint density at radius 1 is 0.926 bits per heavy atom. The van der Waals surface area contributed by atoms with E-state index < -0.39 is 0 Å². The fraction of sp³-hybridized carbons (Fsp3) is 0.238. The van der Waals surface area contributed by atoms with E-state index in [0.29, 0.717) is 17.7 Å². The van der Waals surface area contributed by atoms with Crippen molar-refractivity contribution in [3.8, 4) is 0 Å². The Hall–Kier alpha value is -2.73. The van der Waals surface area contributed by atoms with Crippen molar-refractivity contribution in [3.05, 3.63) is 70.3 Å². The van der Waals surface area contributed by atoms with Gasteiger partial charge in [0.25, 0.3) is 5.56 Å². The molecule has 27 heavy (non-hydrogen) atoms. The minimum Gasteiger partial charge on any atom is -0.287 e. The van der Waals surface area contributed by atoms with E-state index in [0.717, 1.165) is 39.5 Å². The van der Waals surface area contributed by atoms with Gasteiger partial charge in [0.1, 0.15) is 0 Å². The molecule has 0 atom stereocenters. The van der Waals surface area contributed by atoms with E-state index in [1.165, 1.54) is 0 Å². The Bertz CT molecular complexity index is 1190. The Morgan fingerprint density at radius 3 is 2.33 bits per heavy atom. The van der Waals surface area contributed by atoms with Gasteiger partial charge in [-0.1, -0.05) is 43.0 Å². The maximum atomic E-state index is 12.9. The highest BCUT2D eigenvalue weighted by Gasteiger charge is 2.13. The molecule has 6 heteroatoms. The molecule has 0 aliphatic rings. The van der Waals surface area contributed by atoms with E-state index in [4.69, 9.17) is 9.97 Å². The lowest BCUT2D eigenvalue weighted by atomic mass is 10.2. The van der Waals surface area contributed by atoms with Gasteiger partial charge in [-0.05, 0) is 37.6 Å². The predicted octanol–water partition coefficient (Wildman–Crippen LogP) is 4.35. The standard InChI is InChI=1S/C21H20N4OS/c1-3-12-25-20(26)15-8-4-5-9-16(15)24-21(25)27-13-19-14(2)22-17-10-6-7-11-18(17)23-19/h4-11H,3,12-13H2,1-2H3. The summed E-state index contributed by atoms with van der Waals surface area (Å²) in [6, 6.07) is 15.4. The molecule has 2 heterocycles. The summed E-state index contributed by atoms with van der Waals surface area (Å²) in [6.07, 6.45) is 0.877. The number of hydrogen-bond donors (Lipinski definition) is 0. The number of para-hydroxylation sites is 3. The minimum atomic E-state index is 0.0197. The molecule has 0 bridgehead atoms. The van der Waals surface area contributed by atoms with E-state index in [9.17, 15) is 4.79 Å². The van der Waals surface area contributed by atoms with E-state index in [2.05, 4.69) is 11.9 Å². The van der Waals surface area contributed by atoms with Crippen LogP contribution < -0.4 is 5.56 Å². The lowest BCUT2D eigenvalue weighted by Gasteiger charge is -2.12. The predicted molar refractivity (Wildman–Crippen MR) is 110 cm³/mol. The first-order valence-electron chi connectivity index (χ1n) is 9.02. The molecule has 0 aliphatic carbocycles. The highest BCUT2D eigenvalue weighted by molar-refractivity contribution is 7.98. The summed E-state index contributed by atoms with van der Waals surface area (Å²) in [6.45, 7) is 4.69. The van der Waals surface area contributed by atoms with Gasteiger partial charge in [0, 0.05) is 12.3 Å². The third kappa shape index (κ3) is 3.45. The monoisotopic (exact) mass is 376 g/mol. The summed E-state index contributed by atoms with van der Waals surface area (Å²) in [5, 5.41) is 1.40. The Kier molecular flexibility index (Phi) is 4.90. The first-order chi connectivity index (χ1) is 13.2. The maximum absolute atomic E-state index is 12.9. The van der Waals surface area contributed by atoms with Gasteiger partial charge in [-0.2, -0.15) is 0 Å². The van der Waals surface area contributed by atoms with Crippen LogP contribution in [-0.2, 0) is 12.3 Å². The van der Waals surface area contributed by atoms with Gasteiger partial charge >= 0.3 is 0 Å². The van der Waals surface area contributed by atoms with Gasteiger partial charge in [0.15, 0.2) is 5.16 Å². The normalized spacial score (nSPS) is 11.3. The van der Waals surface area contributed by atoms with Crippen molar-refractivity contribution >= 4 is 33.7 Å². The fourth-order valence-electron chi connectivity index (χ4n) is 3.07. The van der Waals surface area contributed by atoms with Crippen LogP contribution in [-0.4, -0.2) is 19.5 Å². The lowest BCUT2D eigenvalue weighted by Crippen LogP contribution is -2.23. The fourth-order valence-corrected chi connectivity index (χ4v) is 4.11. The molecular formula is C21H20N4OS. The second-order valence-corrected chi connectivity index (χ2v) is 7.34. The zero-order valence-corrected chi connectivity index (χ0v) is 16.2. The molecule has 4 aromatic rings. The zero-order chi connectivity index (χ0) is 18.8. The first kappa shape index (κ1) is 17.7. The maximum Gasteiger partial charge on any atom is 0.262 e. The summed E-state index contributed by atoms with van der Waals surface area (Å²) in [5.41, 5.74) is 4.37. The molecule has 0 amide bonds. The van der Waals surface area contributed by atoms with Gasteiger partial charge in [0.05, 0.1) is 33.3 Å². The smallest absolute Gasteiger partial charge is 0.262 e. The molecule has 0 aliphatic heterocycles. The molecule has 5 nitrogen and oxygen atoms in total. The Morgan fingerprint density at radius 2 is 1.59 bits per heavy atom. The van der Waals surface area contributed by atoms with Crippen molar-refractivity contribution in [1.29, 1.82) is 0 Å². The zero-order valence-electron chi connectivity index (χ0n) is 15.3. The SMILES string of the molecule is CCCn1c(SCc2nc3ccccc3nc2C)nc2ccccc2c1=O. The van der Waals surface area contributed by atoms with E-state index >= 15 is 0 Å². The molecule has 0 unspecified atom stereocenters. The van der Waals surface area contributed by atoms with Crippen LogP contribution >= 0.6 is 11.8 Å². The average Bonchev–Trinajstić information content (AvgIpc) is 2.69. The summed E-state index contributed by atoms with van der Waals surface area (Å²) in [5.74, 6) is 0.623. The molecule has 2 aromatic heterocycles. The summed E-state index contributed by atoms with van der Waals surface area (Å²) >= 11 is 1.54. The van der Waals surface area contributed by atoms with Gasteiger partial charge < -0.3 is 0 Å². The molecule has 0 N–H and O–H groups in total. The number of nitrogens with zero attached hydrogens (tertiary/aromatic N) is 4. The quantitative estimate of drug-likeness (QED) is 0.383. The van der Waals surface area contributed by atoms with Crippen molar-refractivity contribution in [2.24, 2.45) is 0 Å². The summed E-state index contributed by atoms with van der Waals surface area (Å²) in [4.78, 5) is 27.0. The first-order valence-corrected chi connectivity index (χ1v) is 10.0. The van der Waals surface area contributed by atoms with E-state index in [-0.39, 0.29) is 5.56 Å². The highest BCUT2D eigenvalue weighted by Crippen LogP contribution is 2.24. The van der Waals surface area contributed by atoms with Gasteiger partial charge in [-0.3, -0.25) is 9.36 Å². The van der Waals surface area contributed by atoms with E-state index in [1.54, 1.807) is 16.3 Å². The molecule has 0 saturated carbocycles. The number of fused-ring (bicyclic) bond motifs is 2. The number of hydrogen-bond acceptors (Lipinski definition) is 5. The Labute approximate surface area is 161 Å². The number of aromatic nitrogens is 4. The lowest BCUT2D eigenvalue weighted by molar-refractivity contribution is 0.584. The molecule has 2 aromatic carbocycles. The molecule has 136 valence electrons. The second-order valence-electron chi connectivity index (χ2n) is 6.40. The molecular weight excluding hydrogens is 356 g/mol. The number of rotatable bonds is 5. The number of thioether (sulfide) groups is 1. The molecule has 0 radical (unpaired) electrons. The largest absolute Gasteiger partial charge is 0.287 e. The van der Waals surface area contributed by atoms with Crippen LogP contribution in [0.4, 0.5) is 0 Å².